The molecule has 0 bridgehead atoms. The Labute approximate surface area is 129 Å². The second-order valence-electron chi connectivity index (χ2n) is 5.63. The van der Waals surface area contributed by atoms with Gasteiger partial charge in [0.1, 0.15) is 12.1 Å². The van der Waals surface area contributed by atoms with Gasteiger partial charge in [-0.3, -0.25) is 9.69 Å². The largest absolute Gasteiger partial charge is 0.480 e. The molecule has 3 amide bonds. The Bertz CT molecular complexity index is 428. The molecule has 1 saturated heterocycles. The van der Waals surface area contributed by atoms with Gasteiger partial charge in [-0.1, -0.05) is 13.8 Å². The van der Waals surface area contributed by atoms with Crippen molar-refractivity contribution in [1.29, 1.82) is 0 Å². The number of amides is 3. The number of carboxylic acids is 1. The third kappa shape index (κ3) is 4.03. The number of hydrogen-bond donors (Lipinski definition) is 2. The van der Waals surface area contributed by atoms with Crippen LogP contribution in [0.15, 0.2) is 0 Å². The third-order valence-electron chi connectivity index (χ3n) is 3.28. The first-order valence-electron chi connectivity index (χ1n) is 6.81. The molecule has 1 fully saturated rings. The molecule has 8 heteroatoms. The number of nitrogens with zero attached hydrogens (tertiary/aromatic N) is 2. The van der Waals surface area contributed by atoms with Gasteiger partial charge >= 0.3 is 12.0 Å². The number of aliphatic carboxylic acids is 1. The van der Waals surface area contributed by atoms with Gasteiger partial charge in [-0.05, 0) is 12.8 Å². The molecule has 3 atom stereocenters. The maximum Gasteiger partial charge on any atom is 0.327 e. The van der Waals surface area contributed by atoms with Crippen LogP contribution in [0, 0.1) is 5.92 Å². The smallest absolute Gasteiger partial charge is 0.327 e. The van der Waals surface area contributed by atoms with Crippen molar-refractivity contribution in [2.45, 2.75) is 38.2 Å². The molecule has 1 heterocycles. The topological polar surface area (TPSA) is 90.0 Å². The van der Waals surface area contributed by atoms with Crippen molar-refractivity contribution in [2.24, 2.45) is 5.92 Å². The first kappa shape index (κ1) is 17.6. The van der Waals surface area contributed by atoms with Crippen molar-refractivity contribution in [3.8, 4) is 0 Å². The van der Waals surface area contributed by atoms with Crippen molar-refractivity contribution < 1.29 is 19.5 Å². The van der Waals surface area contributed by atoms with Crippen molar-refractivity contribution in [1.82, 2.24) is 15.1 Å². The molecule has 1 aliphatic heterocycles. The Morgan fingerprint density at radius 2 is 1.86 bits per heavy atom. The first-order valence-corrected chi connectivity index (χ1v) is 7.86. The van der Waals surface area contributed by atoms with Crippen LogP contribution in [0.2, 0.25) is 0 Å². The highest BCUT2D eigenvalue weighted by Gasteiger charge is 2.43. The van der Waals surface area contributed by atoms with E-state index in [1.807, 2.05) is 13.8 Å². The number of thioether (sulfide) groups is 1. The maximum atomic E-state index is 12.4. The number of urea groups is 1. The summed E-state index contributed by atoms with van der Waals surface area (Å²) in [6, 6.07) is -2.06. The molecule has 0 radical (unpaired) electrons. The van der Waals surface area contributed by atoms with Crippen molar-refractivity contribution in [2.75, 3.05) is 19.8 Å². The van der Waals surface area contributed by atoms with E-state index in [0.29, 0.717) is 5.75 Å². The summed E-state index contributed by atoms with van der Waals surface area (Å²) < 4.78 is 0. The summed E-state index contributed by atoms with van der Waals surface area (Å²) in [6.45, 7) is 5.47. The van der Waals surface area contributed by atoms with Gasteiger partial charge in [0.15, 0.2) is 0 Å². The van der Waals surface area contributed by atoms with Gasteiger partial charge in [0.2, 0.25) is 5.91 Å². The van der Waals surface area contributed by atoms with Gasteiger partial charge in [-0.15, -0.1) is 11.8 Å². The molecular weight excluding hydrogens is 294 g/mol. The molecule has 0 aromatic carbocycles. The zero-order valence-electron chi connectivity index (χ0n) is 13.0. The summed E-state index contributed by atoms with van der Waals surface area (Å²) in [7, 11) is 3.21. The number of carbonyl (C=O) groups excluding carboxylic acids is 2. The molecule has 1 rings (SSSR count). The molecular formula is C13H23N3O4S. The van der Waals surface area contributed by atoms with Gasteiger partial charge in [0, 0.05) is 19.8 Å². The maximum absolute atomic E-state index is 12.4. The van der Waals surface area contributed by atoms with E-state index in [1.165, 1.54) is 21.6 Å². The number of carbonyl (C=O) groups is 3. The van der Waals surface area contributed by atoms with E-state index in [9.17, 15) is 19.5 Å². The highest BCUT2D eigenvalue weighted by atomic mass is 32.2. The zero-order valence-corrected chi connectivity index (χ0v) is 13.8. The van der Waals surface area contributed by atoms with E-state index in [2.05, 4.69) is 5.32 Å². The Hall–Kier alpha value is -1.44. The highest BCUT2D eigenvalue weighted by molar-refractivity contribution is 8.00. The SMILES string of the molecule is CC(NC(=O)N1C(C(=O)O)CSC1C(C)C)C(=O)N(C)C. The molecule has 7 nitrogen and oxygen atoms in total. The van der Waals surface area contributed by atoms with Gasteiger partial charge in [-0.25, -0.2) is 9.59 Å². The molecule has 0 spiro atoms. The standard InChI is InChI=1S/C13H23N3O4S/c1-7(2)11-16(9(6-21-11)12(18)19)13(20)14-8(3)10(17)15(4)5/h7-9,11H,6H2,1-5H3,(H,14,20)(H,18,19). The fourth-order valence-corrected chi connectivity index (χ4v) is 3.67. The van der Waals surface area contributed by atoms with Crippen LogP contribution >= 0.6 is 11.8 Å². The second-order valence-corrected chi connectivity index (χ2v) is 6.78. The lowest BCUT2D eigenvalue weighted by Crippen LogP contribution is -2.55. The van der Waals surface area contributed by atoms with Crippen LogP contribution in [-0.4, -0.2) is 70.1 Å². The Morgan fingerprint density at radius 1 is 1.29 bits per heavy atom. The molecule has 3 unspecified atom stereocenters. The van der Waals surface area contributed by atoms with Crippen LogP contribution in [0.5, 0.6) is 0 Å². The fourth-order valence-electron chi connectivity index (χ4n) is 2.20. The van der Waals surface area contributed by atoms with Gasteiger partial charge in [-0.2, -0.15) is 0 Å². The summed E-state index contributed by atoms with van der Waals surface area (Å²) in [6.07, 6.45) is 0. The van der Waals surface area contributed by atoms with Crippen molar-refractivity contribution in [3.05, 3.63) is 0 Å². The molecule has 0 aromatic heterocycles. The minimum absolute atomic E-state index is 0.130. The Balaban J connectivity index is 2.85. The molecule has 1 aliphatic rings. The van der Waals surface area contributed by atoms with E-state index in [1.54, 1.807) is 21.0 Å². The lowest BCUT2D eigenvalue weighted by molar-refractivity contribution is -0.141. The monoisotopic (exact) mass is 317 g/mol. The third-order valence-corrected chi connectivity index (χ3v) is 4.90. The van der Waals surface area contributed by atoms with Crippen LogP contribution in [-0.2, 0) is 9.59 Å². The van der Waals surface area contributed by atoms with Gasteiger partial charge in [0.05, 0.1) is 5.37 Å². The van der Waals surface area contributed by atoms with E-state index in [-0.39, 0.29) is 17.2 Å². The van der Waals surface area contributed by atoms with Gasteiger partial charge < -0.3 is 15.3 Å². The molecule has 0 saturated carbocycles. The average Bonchev–Trinajstić information content (AvgIpc) is 2.82. The quantitative estimate of drug-likeness (QED) is 0.795. The molecule has 2 N–H and O–H groups in total. The highest BCUT2D eigenvalue weighted by Crippen LogP contribution is 2.34. The molecule has 21 heavy (non-hydrogen) atoms. The first-order chi connectivity index (χ1) is 9.66. The number of rotatable bonds is 4. The van der Waals surface area contributed by atoms with Crippen LogP contribution in [0.4, 0.5) is 4.79 Å². The zero-order chi connectivity index (χ0) is 16.3. The number of carboxylic acid groups (broad SMARTS) is 1. The second kappa shape index (κ2) is 7.02. The summed E-state index contributed by atoms with van der Waals surface area (Å²) in [4.78, 5) is 38.2. The number of nitrogens with one attached hydrogen (secondary N) is 1. The Morgan fingerprint density at radius 3 is 2.29 bits per heavy atom. The van der Waals surface area contributed by atoms with E-state index in [0.717, 1.165) is 0 Å². The normalized spacial score (nSPS) is 23.0. The average molecular weight is 317 g/mol. The van der Waals surface area contributed by atoms with Crippen LogP contribution < -0.4 is 5.32 Å². The lowest BCUT2D eigenvalue weighted by atomic mass is 10.1. The summed E-state index contributed by atoms with van der Waals surface area (Å²) >= 11 is 1.45. The summed E-state index contributed by atoms with van der Waals surface area (Å²) in [5, 5.41) is 11.6. The summed E-state index contributed by atoms with van der Waals surface area (Å²) in [5.74, 6) is -0.762. The molecule has 120 valence electrons. The van der Waals surface area contributed by atoms with E-state index < -0.39 is 24.1 Å². The van der Waals surface area contributed by atoms with Crippen LogP contribution in [0.3, 0.4) is 0 Å². The Kier molecular flexibility index (Phi) is 5.88. The van der Waals surface area contributed by atoms with Gasteiger partial charge in [0.25, 0.3) is 0 Å². The minimum Gasteiger partial charge on any atom is -0.480 e. The number of hydrogen-bond acceptors (Lipinski definition) is 4. The predicted molar refractivity (Wildman–Crippen MR) is 81.0 cm³/mol. The summed E-state index contributed by atoms with van der Waals surface area (Å²) in [5.41, 5.74) is 0. The van der Waals surface area contributed by atoms with Crippen LogP contribution in [0.25, 0.3) is 0 Å². The lowest BCUT2D eigenvalue weighted by Gasteiger charge is -2.31. The van der Waals surface area contributed by atoms with E-state index in [4.69, 9.17) is 0 Å². The fraction of sp³-hybridized carbons (Fsp3) is 0.769. The minimum atomic E-state index is -1.02. The van der Waals surface area contributed by atoms with Crippen LogP contribution in [0.1, 0.15) is 20.8 Å². The molecule has 0 aliphatic carbocycles. The van der Waals surface area contributed by atoms with Crippen molar-refractivity contribution in [3.63, 3.8) is 0 Å². The molecule has 0 aromatic rings. The van der Waals surface area contributed by atoms with Crippen molar-refractivity contribution >= 4 is 29.7 Å². The number of likely N-dealkylation sites (N-methyl/N-ethyl adjacent to an activating group) is 1. The van der Waals surface area contributed by atoms with E-state index >= 15 is 0 Å². The predicted octanol–water partition coefficient (Wildman–Crippen LogP) is 0.657.